The number of hydrogen-bond acceptors (Lipinski definition) is 6. The second-order valence-electron chi connectivity index (χ2n) is 12.6. The highest BCUT2D eigenvalue weighted by atomic mass is 79.9. The van der Waals surface area contributed by atoms with Gasteiger partial charge < -0.3 is 4.90 Å². The molecular weight excluding hydrogens is 608 g/mol. The summed E-state index contributed by atoms with van der Waals surface area (Å²) in [6.45, 7) is 5.28. The highest BCUT2D eigenvalue weighted by molar-refractivity contribution is 9.10. The van der Waals surface area contributed by atoms with Crippen LogP contribution >= 0.6 is 15.9 Å². The standard InChI is InChI=1S/C34H37BrN4O4/c1-20-10-11-21(2)36-27(20)16-29(42)28-17-34-13-12-25(41)9-7-5-4-6-8-23-14-24(35)15-26-32(22(3)40)37-38(33(23)26)19-31(43)39(28)30(34)18-34/h4,6,10-11,14-15,28,30H,5,7-9,12-13,16-19H2,1-3H3/b6-4+/t28-,30+,34-/m0/s1. The Kier molecular flexibility index (Phi) is 7.96. The van der Waals surface area contributed by atoms with Crippen LogP contribution in [-0.2, 0) is 33.8 Å². The zero-order chi connectivity index (χ0) is 30.5. The van der Waals surface area contributed by atoms with Crippen molar-refractivity contribution in [3.8, 4) is 0 Å². The number of amides is 1. The minimum absolute atomic E-state index is 0.0219. The van der Waals surface area contributed by atoms with E-state index in [9.17, 15) is 19.2 Å². The second-order valence-corrected chi connectivity index (χ2v) is 13.5. The Morgan fingerprint density at radius 3 is 2.70 bits per heavy atom. The second kappa shape index (κ2) is 11.6. The molecule has 43 heavy (non-hydrogen) atoms. The average Bonchev–Trinajstić information content (AvgIpc) is 3.37. The van der Waals surface area contributed by atoms with E-state index in [0.29, 0.717) is 43.2 Å². The molecule has 1 amide bonds. The third-order valence-electron chi connectivity index (χ3n) is 9.50. The van der Waals surface area contributed by atoms with Gasteiger partial charge in [-0.3, -0.25) is 28.8 Å². The van der Waals surface area contributed by atoms with Gasteiger partial charge in [-0.1, -0.05) is 34.1 Å². The molecule has 6 rings (SSSR count). The highest BCUT2D eigenvalue weighted by Gasteiger charge is 2.66. The van der Waals surface area contributed by atoms with Crippen LogP contribution in [-0.4, -0.2) is 55.0 Å². The number of ketones is 3. The molecule has 1 aromatic carbocycles. The van der Waals surface area contributed by atoms with Crippen LogP contribution in [0.15, 0.2) is 40.9 Å². The summed E-state index contributed by atoms with van der Waals surface area (Å²) in [4.78, 5) is 60.0. The molecule has 2 fully saturated rings. The first-order valence-corrected chi connectivity index (χ1v) is 16.0. The number of nitrogens with zero attached hydrogens (tertiary/aromatic N) is 4. The van der Waals surface area contributed by atoms with Crippen LogP contribution in [0.1, 0.15) is 84.9 Å². The predicted molar refractivity (Wildman–Crippen MR) is 167 cm³/mol. The number of piperidine rings is 1. The monoisotopic (exact) mass is 644 g/mol. The van der Waals surface area contributed by atoms with Crippen LogP contribution in [0.25, 0.3) is 10.9 Å². The molecule has 0 N–H and O–H groups in total. The van der Waals surface area contributed by atoms with E-state index >= 15 is 0 Å². The third-order valence-corrected chi connectivity index (χ3v) is 9.96. The first-order valence-electron chi connectivity index (χ1n) is 15.2. The lowest BCUT2D eigenvalue weighted by Crippen LogP contribution is -2.45. The van der Waals surface area contributed by atoms with E-state index in [2.05, 4.69) is 38.2 Å². The van der Waals surface area contributed by atoms with Gasteiger partial charge in [-0.15, -0.1) is 0 Å². The summed E-state index contributed by atoms with van der Waals surface area (Å²) in [5, 5.41) is 5.36. The molecule has 1 saturated carbocycles. The fraction of sp³-hybridized carbons (Fsp3) is 0.471. The summed E-state index contributed by atoms with van der Waals surface area (Å²) < 4.78 is 2.49. The summed E-state index contributed by atoms with van der Waals surface area (Å²) >= 11 is 3.59. The number of benzene rings is 1. The van der Waals surface area contributed by atoms with Gasteiger partial charge in [0.05, 0.1) is 23.7 Å². The van der Waals surface area contributed by atoms with E-state index in [1.807, 2.05) is 38.1 Å². The number of pyridine rings is 1. The van der Waals surface area contributed by atoms with Gasteiger partial charge in [0.2, 0.25) is 5.91 Å². The maximum atomic E-state index is 14.2. The maximum absolute atomic E-state index is 14.2. The summed E-state index contributed by atoms with van der Waals surface area (Å²) in [6, 6.07) is 7.14. The van der Waals surface area contributed by atoms with Gasteiger partial charge in [0, 0.05) is 41.4 Å². The van der Waals surface area contributed by atoms with Crippen molar-refractivity contribution < 1.29 is 19.2 Å². The quantitative estimate of drug-likeness (QED) is 0.262. The first kappa shape index (κ1) is 29.6. The predicted octanol–water partition coefficient (Wildman–Crippen LogP) is 5.82. The van der Waals surface area contributed by atoms with E-state index in [4.69, 9.17) is 0 Å². The zero-order valence-corrected chi connectivity index (χ0v) is 26.6. The fourth-order valence-corrected chi connectivity index (χ4v) is 7.64. The molecule has 0 radical (unpaired) electrons. The van der Waals surface area contributed by atoms with Crippen molar-refractivity contribution in [2.24, 2.45) is 5.41 Å². The van der Waals surface area contributed by atoms with E-state index in [0.717, 1.165) is 51.8 Å². The lowest BCUT2D eigenvalue weighted by atomic mass is 9.90. The molecule has 0 spiro atoms. The molecular formula is C34H37BrN4O4. The van der Waals surface area contributed by atoms with Gasteiger partial charge in [-0.25, -0.2) is 0 Å². The van der Waals surface area contributed by atoms with Crippen molar-refractivity contribution >= 4 is 50.1 Å². The normalized spacial score (nSPS) is 25.0. The molecule has 2 aliphatic heterocycles. The Hall–Kier alpha value is -3.46. The maximum Gasteiger partial charge on any atom is 0.245 e. The van der Waals surface area contributed by atoms with Gasteiger partial charge in [0.1, 0.15) is 18.0 Å². The van der Waals surface area contributed by atoms with Gasteiger partial charge in [0.25, 0.3) is 0 Å². The van der Waals surface area contributed by atoms with Crippen LogP contribution in [0, 0.1) is 19.3 Å². The summed E-state index contributed by atoms with van der Waals surface area (Å²) in [7, 11) is 0. The number of carbonyl (C=O) groups excluding carboxylic acids is 4. The number of hydrogen-bond donors (Lipinski definition) is 0. The number of Topliss-reactive ketones (excluding diaryl/α,β-unsaturated/α-hetero) is 3. The van der Waals surface area contributed by atoms with E-state index in [1.165, 1.54) is 6.92 Å². The van der Waals surface area contributed by atoms with Crippen LogP contribution in [0.3, 0.4) is 0 Å². The minimum atomic E-state index is -0.576. The molecule has 224 valence electrons. The van der Waals surface area contributed by atoms with Gasteiger partial charge in [0.15, 0.2) is 11.6 Å². The molecule has 0 unspecified atom stereocenters. The van der Waals surface area contributed by atoms with Crippen LogP contribution in [0.2, 0.25) is 0 Å². The number of carbonyl (C=O) groups is 4. The summed E-state index contributed by atoms with van der Waals surface area (Å²) in [5.74, 6) is -0.128. The van der Waals surface area contributed by atoms with Gasteiger partial charge >= 0.3 is 0 Å². The first-order chi connectivity index (χ1) is 20.6. The summed E-state index contributed by atoms with van der Waals surface area (Å²) in [6.07, 6.45) is 9.60. The average molecular weight is 646 g/mol. The zero-order valence-electron chi connectivity index (χ0n) is 25.0. The number of aromatic nitrogens is 3. The van der Waals surface area contributed by atoms with Gasteiger partial charge in [-0.2, -0.15) is 5.10 Å². The molecule has 2 bridgehead atoms. The van der Waals surface area contributed by atoms with Crippen LogP contribution in [0.4, 0.5) is 0 Å². The summed E-state index contributed by atoms with van der Waals surface area (Å²) in [5.41, 5.74) is 4.37. The molecule has 2 aromatic heterocycles. The van der Waals surface area contributed by atoms with Crippen molar-refractivity contribution in [2.75, 3.05) is 0 Å². The Morgan fingerprint density at radius 1 is 1.09 bits per heavy atom. The Morgan fingerprint density at radius 2 is 1.91 bits per heavy atom. The molecule has 9 heteroatoms. The molecule has 1 saturated heterocycles. The molecule has 3 aromatic rings. The molecule has 3 aliphatic rings. The number of aryl methyl sites for hydroxylation is 2. The Labute approximate surface area is 260 Å². The highest BCUT2D eigenvalue weighted by Crippen LogP contribution is 2.62. The van der Waals surface area contributed by atoms with Crippen molar-refractivity contribution in [1.82, 2.24) is 19.7 Å². The molecule has 3 atom stereocenters. The fourth-order valence-electron chi connectivity index (χ4n) is 7.13. The third kappa shape index (κ3) is 5.76. The lowest BCUT2D eigenvalue weighted by molar-refractivity contribution is -0.139. The van der Waals surface area contributed by atoms with Crippen LogP contribution in [0.5, 0.6) is 0 Å². The minimum Gasteiger partial charge on any atom is -0.327 e. The van der Waals surface area contributed by atoms with Crippen molar-refractivity contribution in [1.29, 1.82) is 0 Å². The van der Waals surface area contributed by atoms with Gasteiger partial charge in [-0.05, 0) is 87.1 Å². The molecule has 8 nitrogen and oxygen atoms in total. The van der Waals surface area contributed by atoms with Crippen molar-refractivity contribution in [2.45, 2.75) is 97.2 Å². The van der Waals surface area contributed by atoms with Crippen molar-refractivity contribution in [3.05, 3.63) is 69.1 Å². The number of halogens is 1. The van der Waals surface area contributed by atoms with Crippen LogP contribution < -0.4 is 0 Å². The Balaban J connectivity index is 1.39. The largest absolute Gasteiger partial charge is 0.327 e. The number of allylic oxidation sites excluding steroid dienone is 2. The topological polar surface area (TPSA) is 102 Å². The molecule has 4 heterocycles. The number of rotatable bonds is 4. The lowest BCUT2D eigenvalue weighted by Gasteiger charge is -2.27. The molecule has 1 aliphatic carbocycles. The SMILES string of the molecule is CC(=O)c1nn2c3c(cc(Br)cc13)C/C=C/CCCC(=O)CC[C@@]13C[C@@H](C(=O)Cc4nc(C)ccc4C)N(C(=O)C2)[C@@H]1C3. The van der Waals surface area contributed by atoms with E-state index in [-0.39, 0.29) is 47.7 Å². The smallest absolute Gasteiger partial charge is 0.245 e. The Bertz CT molecular complexity index is 1690. The van der Waals surface area contributed by atoms with E-state index < -0.39 is 6.04 Å². The van der Waals surface area contributed by atoms with E-state index in [1.54, 1.807) is 9.58 Å². The van der Waals surface area contributed by atoms with Crippen molar-refractivity contribution in [3.63, 3.8) is 0 Å².